The summed E-state index contributed by atoms with van der Waals surface area (Å²) in [7, 11) is -4.67. The maximum absolute atomic E-state index is 12.3. The molecule has 0 fully saturated rings. The van der Waals surface area contributed by atoms with E-state index < -0.39 is 64.5 Å². The van der Waals surface area contributed by atoms with Crippen molar-refractivity contribution in [2.24, 2.45) is 0 Å². The van der Waals surface area contributed by atoms with E-state index in [0.717, 1.165) is 25.3 Å². The minimum atomic E-state index is -4.67. The standard InChI is InChI=1S/C30H55O12P/c1-2-3-4-5-6-7-8-9-10-11-12-13-14-19-29(35)39-24-28(25-41-43(37,38)40-23-27(34)22-32)42-30(36)20-15-17-26(33)18-16-21-31/h16,18,21,26-28,32-34H,2-15,17,19-20,22-25H2,1H3,(H,37,38)/b18-16+/t26?,27-,28+/m0/s1. The van der Waals surface area contributed by atoms with E-state index >= 15 is 0 Å². The number of hydrogen-bond acceptors (Lipinski definition) is 11. The molecule has 0 spiro atoms. The van der Waals surface area contributed by atoms with Crippen LogP contribution in [0.3, 0.4) is 0 Å². The summed E-state index contributed by atoms with van der Waals surface area (Å²) in [5.74, 6) is -1.21. The lowest BCUT2D eigenvalue weighted by molar-refractivity contribution is -0.161. The van der Waals surface area contributed by atoms with Crippen LogP contribution < -0.4 is 0 Å². The number of allylic oxidation sites excluding steroid dienone is 1. The first kappa shape index (κ1) is 41.3. The lowest BCUT2D eigenvalue weighted by atomic mass is 10.0. The quantitative estimate of drug-likeness (QED) is 0.0280. The second-order valence-corrected chi connectivity index (χ2v) is 12.1. The highest BCUT2D eigenvalue weighted by molar-refractivity contribution is 7.47. The van der Waals surface area contributed by atoms with Crippen molar-refractivity contribution in [1.82, 2.24) is 0 Å². The van der Waals surface area contributed by atoms with Crippen molar-refractivity contribution in [3.63, 3.8) is 0 Å². The molecule has 12 nitrogen and oxygen atoms in total. The van der Waals surface area contributed by atoms with Crippen LogP contribution in [0.4, 0.5) is 0 Å². The topological polar surface area (TPSA) is 186 Å². The number of esters is 2. The molecule has 0 rings (SSSR count). The molecule has 0 saturated heterocycles. The zero-order valence-corrected chi connectivity index (χ0v) is 26.7. The Balaban J connectivity index is 4.44. The van der Waals surface area contributed by atoms with Crippen LogP contribution in [0.2, 0.25) is 0 Å². The lowest BCUT2D eigenvalue weighted by Crippen LogP contribution is -2.30. The highest BCUT2D eigenvalue weighted by atomic mass is 31.2. The molecule has 0 aromatic heterocycles. The van der Waals surface area contributed by atoms with Crippen molar-refractivity contribution in [1.29, 1.82) is 0 Å². The maximum Gasteiger partial charge on any atom is 0.472 e. The van der Waals surface area contributed by atoms with Crippen molar-refractivity contribution >= 4 is 26.0 Å². The van der Waals surface area contributed by atoms with Gasteiger partial charge in [-0.1, -0.05) is 90.0 Å². The predicted molar refractivity (Wildman–Crippen MR) is 161 cm³/mol. The summed E-state index contributed by atoms with van der Waals surface area (Å²) in [5.41, 5.74) is 0. The van der Waals surface area contributed by atoms with Gasteiger partial charge in [0.15, 0.2) is 6.10 Å². The fourth-order valence-electron chi connectivity index (χ4n) is 4.08. The first-order valence-electron chi connectivity index (χ1n) is 15.7. The van der Waals surface area contributed by atoms with E-state index in [9.17, 15) is 34.1 Å². The van der Waals surface area contributed by atoms with Crippen LogP contribution in [0.25, 0.3) is 0 Å². The molecule has 0 aromatic rings. The summed E-state index contributed by atoms with van der Waals surface area (Å²) in [5, 5.41) is 27.8. The molecule has 0 amide bonds. The summed E-state index contributed by atoms with van der Waals surface area (Å²) < 4.78 is 32.0. The van der Waals surface area contributed by atoms with E-state index in [1.165, 1.54) is 63.9 Å². The Bertz CT molecular complexity index is 791. The zero-order valence-electron chi connectivity index (χ0n) is 25.8. The third kappa shape index (κ3) is 27.6. The Labute approximate surface area is 256 Å². The van der Waals surface area contributed by atoms with Gasteiger partial charge in [-0.25, -0.2) is 4.57 Å². The number of aldehydes is 1. The highest BCUT2D eigenvalue weighted by Crippen LogP contribution is 2.43. The van der Waals surface area contributed by atoms with E-state index in [2.05, 4.69) is 11.4 Å². The molecule has 4 N–H and O–H groups in total. The second-order valence-electron chi connectivity index (χ2n) is 10.7. The van der Waals surface area contributed by atoms with Crippen LogP contribution in [-0.2, 0) is 37.5 Å². The Morgan fingerprint density at radius 3 is 1.86 bits per heavy atom. The SMILES string of the molecule is CCCCCCCCCCCCCCCC(=O)OC[C@H](COP(=O)(O)OC[C@@H](O)CO)OC(=O)CCCC(O)/C=C/C=O. The molecule has 252 valence electrons. The predicted octanol–water partition coefficient (Wildman–Crippen LogP) is 4.70. The number of hydrogen-bond donors (Lipinski definition) is 4. The zero-order chi connectivity index (χ0) is 32.2. The molecule has 2 unspecified atom stereocenters. The van der Waals surface area contributed by atoms with Crippen LogP contribution in [0.1, 0.15) is 116 Å². The normalized spacial score (nSPS) is 15.1. The number of ether oxygens (including phenoxy) is 2. The molecule has 0 heterocycles. The number of aliphatic hydroxyl groups is 3. The van der Waals surface area contributed by atoms with Crippen LogP contribution in [0.15, 0.2) is 12.2 Å². The summed E-state index contributed by atoms with van der Waals surface area (Å²) in [6, 6.07) is 0. The molecule has 0 aliphatic heterocycles. The minimum Gasteiger partial charge on any atom is -0.462 e. The molecule has 0 radical (unpaired) electrons. The number of carbonyl (C=O) groups excluding carboxylic acids is 3. The van der Waals surface area contributed by atoms with Gasteiger partial charge < -0.3 is 29.7 Å². The molecule has 43 heavy (non-hydrogen) atoms. The largest absolute Gasteiger partial charge is 0.472 e. The average molecular weight is 639 g/mol. The molecular formula is C30H55O12P. The minimum absolute atomic E-state index is 0.106. The monoisotopic (exact) mass is 638 g/mol. The van der Waals surface area contributed by atoms with E-state index in [1.807, 2.05) is 0 Å². The van der Waals surface area contributed by atoms with E-state index in [-0.39, 0.29) is 25.7 Å². The van der Waals surface area contributed by atoms with Gasteiger partial charge in [0.1, 0.15) is 19.0 Å². The number of phosphoric acid groups is 1. The van der Waals surface area contributed by atoms with Crippen LogP contribution in [0, 0.1) is 0 Å². The van der Waals surface area contributed by atoms with Crippen molar-refractivity contribution < 1.29 is 57.7 Å². The van der Waals surface area contributed by atoms with Crippen molar-refractivity contribution in [2.75, 3.05) is 26.4 Å². The Hall–Kier alpha value is -1.66. The van der Waals surface area contributed by atoms with Crippen molar-refractivity contribution in [3.8, 4) is 0 Å². The summed E-state index contributed by atoms with van der Waals surface area (Å²) in [4.78, 5) is 44.6. The molecule has 13 heteroatoms. The van der Waals surface area contributed by atoms with Crippen molar-refractivity contribution in [2.45, 2.75) is 134 Å². The second kappa shape index (κ2) is 27.9. The smallest absolute Gasteiger partial charge is 0.462 e. The molecule has 0 aromatic carbocycles. The van der Waals surface area contributed by atoms with Gasteiger partial charge in [-0.2, -0.15) is 0 Å². The van der Waals surface area contributed by atoms with E-state index in [4.69, 9.17) is 19.1 Å². The Kier molecular flexibility index (Phi) is 26.8. The van der Waals surface area contributed by atoms with Gasteiger partial charge in [-0.15, -0.1) is 0 Å². The first-order valence-corrected chi connectivity index (χ1v) is 17.2. The number of rotatable bonds is 30. The average Bonchev–Trinajstić information content (AvgIpc) is 2.98. The summed E-state index contributed by atoms with van der Waals surface area (Å²) >= 11 is 0. The molecule has 0 aliphatic rings. The summed E-state index contributed by atoms with van der Waals surface area (Å²) in [6.07, 6.45) is 15.3. The highest BCUT2D eigenvalue weighted by Gasteiger charge is 2.27. The lowest BCUT2D eigenvalue weighted by Gasteiger charge is -2.20. The van der Waals surface area contributed by atoms with Gasteiger partial charge in [-0.05, 0) is 25.3 Å². The Morgan fingerprint density at radius 2 is 1.30 bits per heavy atom. The van der Waals surface area contributed by atoms with Crippen LogP contribution in [0.5, 0.6) is 0 Å². The molecular weight excluding hydrogens is 583 g/mol. The molecule has 0 aliphatic carbocycles. The summed E-state index contributed by atoms with van der Waals surface area (Å²) in [6.45, 7) is -0.169. The molecule has 0 bridgehead atoms. The number of phosphoric ester groups is 1. The Morgan fingerprint density at radius 1 is 0.767 bits per heavy atom. The van der Waals surface area contributed by atoms with Gasteiger partial charge in [0, 0.05) is 12.8 Å². The van der Waals surface area contributed by atoms with E-state index in [1.54, 1.807) is 0 Å². The van der Waals surface area contributed by atoms with Crippen LogP contribution >= 0.6 is 7.82 Å². The fourth-order valence-corrected chi connectivity index (χ4v) is 4.87. The number of aliphatic hydroxyl groups excluding tert-OH is 3. The van der Waals surface area contributed by atoms with E-state index in [0.29, 0.717) is 12.7 Å². The van der Waals surface area contributed by atoms with Gasteiger partial charge >= 0.3 is 19.8 Å². The van der Waals surface area contributed by atoms with Gasteiger partial charge in [-0.3, -0.25) is 23.4 Å². The van der Waals surface area contributed by atoms with Crippen molar-refractivity contribution in [3.05, 3.63) is 12.2 Å². The third-order valence-electron chi connectivity index (χ3n) is 6.57. The van der Waals surface area contributed by atoms with Gasteiger partial charge in [0.05, 0.1) is 25.9 Å². The molecule has 0 saturated carbocycles. The maximum atomic E-state index is 12.3. The molecule has 4 atom stereocenters. The first-order chi connectivity index (χ1) is 20.6. The number of unbranched alkanes of at least 4 members (excludes halogenated alkanes) is 12. The third-order valence-corrected chi connectivity index (χ3v) is 7.52. The van der Waals surface area contributed by atoms with Gasteiger partial charge in [0.2, 0.25) is 0 Å². The fraction of sp³-hybridized carbons (Fsp3) is 0.833. The van der Waals surface area contributed by atoms with Gasteiger partial charge in [0.25, 0.3) is 0 Å². The van der Waals surface area contributed by atoms with Crippen LogP contribution in [-0.4, -0.2) is 83.2 Å². The number of carbonyl (C=O) groups is 3.